The predicted octanol–water partition coefficient (Wildman–Crippen LogP) is 0.0578. The maximum Gasteiger partial charge on any atom is 0.327 e. The van der Waals surface area contributed by atoms with Crippen LogP contribution in [0.5, 0.6) is 0 Å². The average Bonchev–Trinajstić information content (AvgIpc) is 2.45. The van der Waals surface area contributed by atoms with Gasteiger partial charge in [-0.25, -0.2) is 9.78 Å². The fraction of sp³-hybridized carbons (Fsp3) is 0.300. The number of amides is 3. The number of rotatable bonds is 2. The number of nitrogens with zero attached hydrogens (tertiary/aromatic N) is 3. The van der Waals surface area contributed by atoms with Gasteiger partial charge in [0.05, 0.1) is 6.54 Å². The third-order valence-corrected chi connectivity index (χ3v) is 2.42. The molecule has 1 saturated heterocycles. The molecule has 2 N–H and O–H groups in total. The minimum atomic E-state index is -0.277. The summed E-state index contributed by atoms with van der Waals surface area (Å²) < 4.78 is 0. The smallest absolute Gasteiger partial charge is 0.327 e. The second kappa shape index (κ2) is 3.80. The third-order valence-electron chi connectivity index (χ3n) is 2.42. The number of imide groups is 1. The van der Waals surface area contributed by atoms with Gasteiger partial charge in [0.25, 0.3) is 5.91 Å². The number of anilines is 1. The van der Waals surface area contributed by atoms with Crippen LogP contribution in [0.15, 0.2) is 18.3 Å². The van der Waals surface area contributed by atoms with E-state index in [0.717, 1.165) is 5.56 Å². The van der Waals surface area contributed by atoms with Gasteiger partial charge in [-0.05, 0) is 17.7 Å². The number of carbonyl (C=O) groups excluding carboxylic acids is 2. The number of pyridine rings is 1. The Morgan fingerprint density at radius 2 is 2.25 bits per heavy atom. The maximum atomic E-state index is 11.6. The first-order valence-electron chi connectivity index (χ1n) is 4.84. The molecule has 0 atom stereocenters. The van der Waals surface area contributed by atoms with Crippen molar-refractivity contribution in [3.05, 3.63) is 23.9 Å². The van der Waals surface area contributed by atoms with Crippen molar-refractivity contribution in [3.63, 3.8) is 0 Å². The molecular weight excluding hydrogens is 208 g/mol. The highest BCUT2D eigenvalue weighted by atomic mass is 16.2. The molecule has 1 aliphatic rings. The first-order valence-corrected chi connectivity index (χ1v) is 4.84. The second-order valence-electron chi connectivity index (χ2n) is 3.71. The molecular formula is C10H12N4O2. The number of nitrogen functional groups attached to an aromatic ring is 1. The molecule has 0 unspecified atom stereocenters. The van der Waals surface area contributed by atoms with E-state index in [2.05, 4.69) is 4.98 Å². The largest absolute Gasteiger partial charge is 0.384 e. The standard InChI is InChI=1S/C10H12N4O2/c1-13-6-9(15)14(10(13)16)5-7-2-3-12-8(11)4-7/h2-4H,5-6H2,1H3,(H2,11,12). The molecule has 6 heteroatoms. The van der Waals surface area contributed by atoms with Crippen molar-refractivity contribution in [1.29, 1.82) is 0 Å². The Morgan fingerprint density at radius 1 is 1.50 bits per heavy atom. The molecule has 1 aromatic rings. The highest BCUT2D eigenvalue weighted by Crippen LogP contribution is 2.13. The highest BCUT2D eigenvalue weighted by molar-refractivity contribution is 6.01. The Bertz CT molecular complexity index is 446. The lowest BCUT2D eigenvalue weighted by molar-refractivity contribution is -0.125. The third kappa shape index (κ3) is 1.81. The van der Waals surface area contributed by atoms with E-state index in [1.165, 1.54) is 9.80 Å². The monoisotopic (exact) mass is 220 g/mol. The summed E-state index contributed by atoms with van der Waals surface area (Å²) in [4.78, 5) is 29.5. The molecule has 1 aromatic heterocycles. The fourth-order valence-corrected chi connectivity index (χ4v) is 1.60. The quantitative estimate of drug-likeness (QED) is 0.714. The lowest BCUT2D eigenvalue weighted by atomic mass is 10.2. The average molecular weight is 220 g/mol. The molecule has 1 fully saturated rings. The van der Waals surface area contributed by atoms with Gasteiger partial charge in [0.15, 0.2) is 0 Å². The zero-order valence-electron chi connectivity index (χ0n) is 8.88. The van der Waals surface area contributed by atoms with Crippen LogP contribution in [0.1, 0.15) is 5.56 Å². The maximum absolute atomic E-state index is 11.6. The van der Waals surface area contributed by atoms with E-state index >= 15 is 0 Å². The number of likely N-dealkylation sites (N-methyl/N-ethyl adjacent to an activating group) is 1. The lowest BCUT2D eigenvalue weighted by Gasteiger charge is -2.13. The SMILES string of the molecule is CN1CC(=O)N(Cc2ccnc(N)c2)C1=O. The predicted molar refractivity (Wildman–Crippen MR) is 57.2 cm³/mol. The first-order chi connectivity index (χ1) is 7.58. The minimum Gasteiger partial charge on any atom is -0.384 e. The molecule has 16 heavy (non-hydrogen) atoms. The molecule has 0 saturated carbocycles. The van der Waals surface area contributed by atoms with Gasteiger partial charge in [-0.1, -0.05) is 0 Å². The van der Waals surface area contributed by atoms with Crippen LogP contribution in [0.25, 0.3) is 0 Å². The second-order valence-corrected chi connectivity index (χ2v) is 3.71. The van der Waals surface area contributed by atoms with Crippen molar-refractivity contribution < 1.29 is 9.59 Å². The van der Waals surface area contributed by atoms with Crippen LogP contribution < -0.4 is 5.73 Å². The summed E-state index contributed by atoms with van der Waals surface area (Å²) >= 11 is 0. The number of hydrogen-bond acceptors (Lipinski definition) is 4. The lowest BCUT2D eigenvalue weighted by Crippen LogP contribution is -2.31. The van der Waals surface area contributed by atoms with E-state index in [1.54, 1.807) is 25.4 Å². The fourth-order valence-electron chi connectivity index (χ4n) is 1.60. The molecule has 2 heterocycles. The zero-order chi connectivity index (χ0) is 11.7. The van der Waals surface area contributed by atoms with Crippen molar-refractivity contribution in [2.24, 2.45) is 0 Å². The van der Waals surface area contributed by atoms with E-state index < -0.39 is 0 Å². The molecule has 0 aromatic carbocycles. The van der Waals surface area contributed by atoms with Crippen LogP contribution in [0.4, 0.5) is 10.6 Å². The molecule has 2 rings (SSSR count). The van der Waals surface area contributed by atoms with Gasteiger partial charge in [-0.2, -0.15) is 0 Å². The summed E-state index contributed by atoms with van der Waals surface area (Å²) in [6.07, 6.45) is 1.55. The Labute approximate surface area is 92.7 Å². The molecule has 3 amide bonds. The topological polar surface area (TPSA) is 79.5 Å². The van der Waals surface area contributed by atoms with Gasteiger partial charge < -0.3 is 10.6 Å². The minimum absolute atomic E-state index is 0.138. The molecule has 0 radical (unpaired) electrons. The summed E-state index contributed by atoms with van der Waals surface area (Å²) in [5.74, 6) is 0.188. The van der Waals surface area contributed by atoms with Crippen molar-refractivity contribution >= 4 is 17.8 Å². The van der Waals surface area contributed by atoms with Gasteiger partial charge in [-0.15, -0.1) is 0 Å². The number of carbonyl (C=O) groups is 2. The van der Waals surface area contributed by atoms with E-state index in [-0.39, 0.29) is 25.0 Å². The summed E-state index contributed by atoms with van der Waals surface area (Å²) in [5.41, 5.74) is 6.32. The van der Waals surface area contributed by atoms with Gasteiger partial charge in [0.2, 0.25) is 0 Å². The van der Waals surface area contributed by atoms with Crippen LogP contribution in [-0.4, -0.2) is 40.3 Å². The number of hydrogen-bond donors (Lipinski definition) is 1. The normalized spacial score (nSPS) is 16.1. The van der Waals surface area contributed by atoms with E-state index in [0.29, 0.717) is 5.82 Å². The summed E-state index contributed by atoms with van der Waals surface area (Å²) in [6, 6.07) is 3.11. The van der Waals surface area contributed by atoms with Crippen molar-refractivity contribution in [1.82, 2.24) is 14.8 Å². The number of urea groups is 1. The number of nitrogens with two attached hydrogens (primary N) is 1. The van der Waals surface area contributed by atoms with Crippen LogP contribution in [0.2, 0.25) is 0 Å². The highest BCUT2D eigenvalue weighted by Gasteiger charge is 2.33. The first kappa shape index (κ1) is 10.4. The number of aromatic nitrogens is 1. The molecule has 0 spiro atoms. The summed E-state index contributed by atoms with van der Waals surface area (Å²) in [5, 5.41) is 0. The Hall–Kier alpha value is -2.11. The van der Waals surface area contributed by atoms with Gasteiger partial charge >= 0.3 is 6.03 Å². The molecule has 84 valence electrons. The molecule has 1 aliphatic heterocycles. The van der Waals surface area contributed by atoms with Crippen LogP contribution >= 0.6 is 0 Å². The molecule has 0 bridgehead atoms. The summed E-state index contributed by atoms with van der Waals surface area (Å²) in [7, 11) is 1.60. The Morgan fingerprint density at radius 3 is 2.81 bits per heavy atom. The van der Waals surface area contributed by atoms with Gasteiger partial charge in [-0.3, -0.25) is 9.69 Å². The van der Waals surface area contributed by atoms with E-state index in [1.807, 2.05) is 0 Å². The van der Waals surface area contributed by atoms with Gasteiger partial charge in [0, 0.05) is 13.2 Å². The molecule has 6 nitrogen and oxygen atoms in total. The van der Waals surface area contributed by atoms with Crippen molar-refractivity contribution in [2.45, 2.75) is 6.54 Å². The van der Waals surface area contributed by atoms with Crippen LogP contribution in [0.3, 0.4) is 0 Å². The van der Waals surface area contributed by atoms with Crippen molar-refractivity contribution in [2.75, 3.05) is 19.3 Å². The Kier molecular flexibility index (Phi) is 2.47. The van der Waals surface area contributed by atoms with Crippen LogP contribution in [0, 0.1) is 0 Å². The van der Waals surface area contributed by atoms with E-state index in [9.17, 15) is 9.59 Å². The van der Waals surface area contributed by atoms with Crippen molar-refractivity contribution in [3.8, 4) is 0 Å². The summed E-state index contributed by atoms with van der Waals surface area (Å²) in [6.45, 7) is 0.383. The zero-order valence-corrected chi connectivity index (χ0v) is 8.88. The Balaban J connectivity index is 2.16. The van der Waals surface area contributed by atoms with Gasteiger partial charge in [0.1, 0.15) is 12.4 Å². The van der Waals surface area contributed by atoms with E-state index in [4.69, 9.17) is 5.73 Å². The molecule has 0 aliphatic carbocycles. The van der Waals surface area contributed by atoms with Crippen LogP contribution in [-0.2, 0) is 11.3 Å².